The normalized spacial score (nSPS) is 19.4. The number of nitrogens with zero attached hydrogens (tertiary/aromatic N) is 1. The van der Waals surface area contributed by atoms with E-state index in [1.807, 2.05) is 6.07 Å². The highest BCUT2D eigenvalue weighted by Gasteiger charge is 2.27. The SMILES string of the molecule is CC1(C)CCC(Nc2ccccc2[N+](=O)[O-])CC1. The van der Waals surface area contributed by atoms with Crippen molar-refractivity contribution in [2.24, 2.45) is 5.41 Å². The van der Waals surface area contributed by atoms with Crippen molar-refractivity contribution in [1.29, 1.82) is 0 Å². The first-order valence-electron chi connectivity index (χ1n) is 6.48. The van der Waals surface area contributed by atoms with Gasteiger partial charge in [-0.05, 0) is 37.2 Å². The molecule has 4 heteroatoms. The number of benzene rings is 1. The van der Waals surface area contributed by atoms with Crippen LogP contribution in [-0.4, -0.2) is 11.0 Å². The third kappa shape index (κ3) is 3.00. The van der Waals surface area contributed by atoms with E-state index in [4.69, 9.17) is 0 Å². The lowest BCUT2D eigenvalue weighted by molar-refractivity contribution is -0.384. The van der Waals surface area contributed by atoms with Crippen LogP contribution in [0.2, 0.25) is 0 Å². The maximum absolute atomic E-state index is 10.9. The first-order valence-corrected chi connectivity index (χ1v) is 6.48. The minimum Gasteiger partial charge on any atom is -0.377 e. The number of nitrogens with one attached hydrogen (secondary N) is 1. The molecule has 0 saturated heterocycles. The second kappa shape index (κ2) is 4.96. The molecule has 0 amide bonds. The second-order valence-electron chi connectivity index (χ2n) is 5.86. The van der Waals surface area contributed by atoms with E-state index >= 15 is 0 Å². The fourth-order valence-corrected chi connectivity index (χ4v) is 2.52. The minimum absolute atomic E-state index is 0.169. The number of nitro groups is 1. The summed E-state index contributed by atoms with van der Waals surface area (Å²) in [5.74, 6) is 0. The van der Waals surface area contributed by atoms with Gasteiger partial charge in [0.2, 0.25) is 0 Å². The Morgan fingerprint density at radius 3 is 2.50 bits per heavy atom. The third-order valence-corrected chi connectivity index (χ3v) is 3.80. The fraction of sp³-hybridized carbons (Fsp3) is 0.571. The molecule has 0 unspecified atom stereocenters. The number of rotatable bonds is 3. The Morgan fingerprint density at radius 1 is 1.28 bits per heavy atom. The zero-order chi connectivity index (χ0) is 13.2. The summed E-state index contributed by atoms with van der Waals surface area (Å²) in [6, 6.07) is 7.24. The molecule has 0 atom stereocenters. The largest absolute Gasteiger partial charge is 0.377 e. The van der Waals surface area contributed by atoms with Crippen molar-refractivity contribution in [2.75, 3.05) is 5.32 Å². The number of hydrogen-bond donors (Lipinski definition) is 1. The van der Waals surface area contributed by atoms with Gasteiger partial charge in [-0.25, -0.2) is 0 Å². The first-order chi connectivity index (χ1) is 8.48. The molecule has 0 aliphatic heterocycles. The molecule has 4 nitrogen and oxygen atoms in total. The molecule has 0 bridgehead atoms. The topological polar surface area (TPSA) is 55.2 Å². The van der Waals surface area contributed by atoms with Crippen LogP contribution in [0.25, 0.3) is 0 Å². The molecule has 2 rings (SSSR count). The Balaban J connectivity index is 2.04. The average Bonchev–Trinajstić information content (AvgIpc) is 2.32. The summed E-state index contributed by atoms with van der Waals surface area (Å²) in [6.45, 7) is 4.57. The molecule has 0 heterocycles. The molecule has 1 aliphatic rings. The van der Waals surface area contributed by atoms with Gasteiger partial charge < -0.3 is 5.32 Å². The van der Waals surface area contributed by atoms with Gasteiger partial charge in [-0.15, -0.1) is 0 Å². The molecule has 0 spiro atoms. The van der Waals surface area contributed by atoms with Crippen LogP contribution in [0.1, 0.15) is 39.5 Å². The summed E-state index contributed by atoms with van der Waals surface area (Å²) >= 11 is 0. The molecule has 1 aliphatic carbocycles. The molecule has 1 aromatic rings. The molecule has 0 radical (unpaired) electrons. The summed E-state index contributed by atoms with van der Waals surface area (Å²) in [4.78, 5) is 10.6. The molecule has 1 saturated carbocycles. The van der Waals surface area contributed by atoms with Gasteiger partial charge in [-0.1, -0.05) is 26.0 Å². The summed E-state index contributed by atoms with van der Waals surface area (Å²) in [5.41, 5.74) is 1.23. The Kier molecular flexibility index (Phi) is 3.55. The van der Waals surface area contributed by atoms with E-state index in [-0.39, 0.29) is 10.6 Å². The molecular formula is C14H20N2O2. The predicted octanol–water partition coefficient (Wildman–Crippen LogP) is 3.98. The van der Waals surface area contributed by atoms with Crippen LogP contribution < -0.4 is 5.32 Å². The van der Waals surface area contributed by atoms with Crippen molar-refractivity contribution in [3.63, 3.8) is 0 Å². The summed E-state index contributed by atoms with van der Waals surface area (Å²) < 4.78 is 0. The molecule has 0 aromatic heterocycles. The van der Waals surface area contributed by atoms with Gasteiger partial charge >= 0.3 is 0 Å². The Morgan fingerprint density at radius 2 is 1.89 bits per heavy atom. The molecule has 1 N–H and O–H groups in total. The van der Waals surface area contributed by atoms with Crippen LogP contribution >= 0.6 is 0 Å². The molecule has 98 valence electrons. The van der Waals surface area contributed by atoms with Crippen molar-refractivity contribution in [3.8, 4) is 0 Å². The van der Waals surface area contributed by atoms with Crippen LogP contribution in [0.5, 0.6) is 0 Å². The van der Waals surface area contributed by atoms with Gasteiger partial charge in [0.15, 0.2) is 0 Å². The lowest BCUT2D eigenvalue weighted by atomic mass is 9.75. The summed E-state index contributed by atoms with van der Waals surface area (Å²) in [7, 11) is 0. The zero-order valence-corrected chi connectivity index (χ0v) is 11.0. The van der Waals surface area contributed by atoms with E-state index in [2.05, 4.69) is 19.2 Å². The van der Waals surface area contributed by atoms with Crippen LogP contribution in [-0.2, 0) is 0 Å². The van der Waals surface area contributed by atoms with Crippen molar-refractivity contribution in [1.82, 2.24) is 0 Å². The van der Waals surface area contributed by atoms with E-state index in [0.29, 0.717) is 17.1 Å². The summed E-state index contributed by atoms with van der Waals surface area (Å²) in [6.07, 6.45) is 4.51. The Labute approximate surface area is 108 Å². The lowest BCUT2D eigenvalue weighted by Crippen LogP contribution is -2.30. The van der Waals surface area contributed by atoms with Crippen molar-refractivity contribution >= 4 is 11.4 Å². The predicted molar refractivity (Wildman–Crippen MR) is 72.8 cm³/mol. The van der Waals surface area contributed by atoms with Crippen LogP contribution in [0.15, 0.2) is 24.3 Å². The van der Waals surface area contributed by atoms with E-state index < -0.39 is 0 Å². The van der Waals surface area contributed by atoms with Gasteiger partial charge in [0.1, 0.15) is 5.69 Å². The van der Waals surface area contributed by atoms with Crippen LogP contribution in [0.3, 0.4) is 0 Å². The molecular weight excluding hydrogens is 228 g/mol. The first kappa shape index (κ1) is 12.9. The maximum Gasteiger partial charge on any atom is 0.292 e. The van der Waals surface area contributed by atoms with Gasteiger partial charge in [-0.2, -0.15) is 0 Å². The fourth-order valence-electron chi connectivity index (χ4n) is 2.52. The number of anilines is 1. The van der Waals surface area contributed by atoms with Gasteiger partial charge in [0.25, 0.3) is 5.69 Å². The zero-order valence-electron chi connectivity index (χ0n) is 11.0. The highest BCUT2D eigenvalue weighted by molar-refractivity contribution is 5.61. The standard InChI is InChI=1S/C14H20N2O2/c1-14(2)9-7-11(8-10-14)15-12-5-3-4-6-13(12)16(17)18/h3-6,11,15H,7-10H2,1-2H3. The van der Waals surface area contributed by atoms with Crippen LogP contribution in [0, 0.1) is 15.5 Å². The Bertz CT molecular complexity index is 433. The van der Waals surface area contributed by atoms with E-state index in [1.165, 1.54) is 12.8 Å². The van der Waals surface area contributed by atoms with E-state index in [0.717, 1.165) is 12.8 Å². The highest BCUT2D eigenvalue weighted by atomic mass is 16.6. The van der Waals surface area contributed by atoms with Crippen molar-refractivity contribution < 1.29 is 4.92 Å². The summed E-state index contributed by atoms with van der Waals surface area (Å²) in [5, 5.41) is 14.3. The number of para-hydroxylation sites is 2. The van der Waals surface area contributed by atoms with Crippen LogP contribution in [0.4, 0.5) is 11.4 Å². The smallest absolute Gasteiger partial charge is 0.292 e. The number of hydrogen-bond acceptors (Lipinski definition) is 3. The Hall–Kier alpha value is -1.58. The minimum atomic E-state index is -0.324. The maximum atomic E-state index is 10.9. The quantitative estimate of drug-likeness (QED) is 0.650. The monoisotopic (exact) mass is 248 g/mol. The lowest BCUT2D eigenvalue weighted by Gasteiger charge is -2.34. The number of nitro benzene ring substituents is 1. The van der Waals surface area contributed by atoms with Crippen molar-refractivity contribution in [2.45, 2.75) is 45.6 Å². The van der Waals surface area contributed by atoms with Crippen molar-refractivity contribution in [3.05, 3.63) is 34.4 Å². The average molecular weight is 248 g/mol. The molecule has 1 aromatic carbocycles. The molecule has 18 heavy (non-hydrogen) atoms. The highest BCUT2D eigenvalue weighted by Crippen LogP contribution is 2.37. The second-order valence-corrected chi connectivity index (χ2v) is 5.86. The van der Waals surface area contributed by atoms with E-state index in [1.54, 1.807) is 18.2 Å². The third-order valence-electron chi connectivity index (χ3n) is 3.80. The van der Waals surface area contributed by atoms with Gasteiger partial charge in [-0.3, -0.25) is 10.1 Å². The molecule has 1 fully saturated rings. The van der Waals surface area contributed by atoms with E-state index in [9.17, 15) is 10.1 Å². The van der Waals surface area contributed by atoms with Gasteiger partial charge in [0, 0.05) is 12.1 Å². The van der Waals surface area contributed by atoms with Gasteiger partial charge in [0.05, 0.1) is 4.92 Å².